The van der Waals surface area contributed by atoms with Crippen molar-refractivity contribution >= 4 is 24.0 Å². The average molecular weight is 391 g/mol. The van der Waals surface area contributed by atoms with E-state index >= 15 is 0 Å². The summed E-state index contributed by atoms with van der Waals surface area (Å²) in [5.41, 5.74) is 7.27. The Morgan fingerprint density at radius 1 is 1.30 bits per heavy atom. The van der Waals surface area contributed by atoms with Crippen LogP contribution >= 0.6 is 11.8 Å². The van der Waals surface area contributed by atoms with E-state index < -0.39 is 0 Å². The lowest BCUT2D eigenvalue weighted by Crippen LogP contribution is -2.54. The minimum atomic E-state index is -0.248. The second kappa shape index (κ2) is 7.78. The van der Waals surface area contributed by atoms with Gasteiger partial charge in [-0.15, -0.1) is 0 Å². The molecule has 8 heteroatoms. The van der Waals surface area contributed by atoms with E-state index in [0.717, 1.165) is 25.7 Å². The Labute approximate surface area is 165 Å². The molecule has 3 rings (SSSR count). The van der Waals surface area contributed by atoms with Crippen molar-refractivity contribution in [3.63, 3.8) is 0 Å². The number of allylic oxidation sites excluding steroid dienone is 1. The number of hydrogen-bond donors (Lipinski definition) is 3. The Bertz CT molecular complexity index is 725. The number of nitrogens with one attached hydrogen (secondary N) is 2. The van der Waals surface area contributed by atoms with Crippen LogP contribution in [0.1, 0.15) is 31.2 Å². The van der Waals surface area contributed by atoms with Gasteiger partial charge in [-0.2, -0.15) is 5.10 Å². The number of amides is 2. The Balaban J connectivity index is 1.78. The van der Waals surface area contributed by atoms with Gasteiger partial charge in [-0.1, -0.05) is 30.3 Å². The fourth-order valence-electron chi connectivity index (χ4n) is 4.38. The molecule has 7 nitrogen and oxygen atoms in total. The molecule has 1 heterocycles. The molecule has 1 aliphatic heterocycles. The fourth-order valence-corrected chi connectivity index (χ4v) is 4.43. The second-order valence-corrected chi connectivity index (χ2v) is 7.69. The number of halogens is 1. The number of carbonyl (C=O) groups is 1. The zero-order valence-electron chi connectivity index (χ0n) is 15.8. The lowest BCUT2D eigenvalue weighted by molar-refractivity contribution is 0.0630. The molecule has 0 radical (unpaired) electrons. The molecular weight excluding hydrogens is 364 g/mol. The third kappa shape index (κ3) is 3.61. The zero-order valence-corrected chi connectivity index (χ0v) is 16.5. The predicted molar refractivity (Wildman–Crippen MR) is 108 cm³/mol. The van der Waals surface area contributed by atoms with Gasteiger partial charge in [-0.05, 0) is 45.3 Å². The molecule has 0 atom stereocenters. The summed E-state index contributed by atoms with van der Waals surface area (Å²) in [6.45, 7) is 0.571. The molecule has 2 aliphatic rings. The zero-order chi connectivity index (χ0) is 19.5. The van der Waals surface area contributed by atoms with Crippen LogP contribution in [0.2, 0.25) is 0 Å². The van der Waals surface area contributed by atoms with Gasteiger partial charge in [0.1, 0.15) is 0 Å². The molecular formula is C19H27ClN6O. The highest BCUT2D eigenvalue weighted by Crippen LogP contribution is 2.46. The molecule has 1 saturated carbocycles. The SMILES string of the molecule is CN(C)C1(c2ccccc2)CCC2(CC1)CN(C(/C=N\NCl)=C/N)C(=O)N2. The van der Waals surface area contributed by atoms with E-state index in [9.17, 15) is 4.79 Å². The highest BCUT2D eigenvalue weighted by atomic mass is 35.5. The Morgan fingerprint density at radius 3 is 2.52 bits per heavy atom. The van der Waals surface area contributed by atoms with Crippen LogP contribution in [-0.4, -0.2) is 48.2 Å². The summed E-state index contributed by atoms with van der Waals surface area (Å²) in [4.78, 5) is 18.7. The molecule has 1 aliphatic carbocycles. The van der Waals surface area contributed by atoms with Crippen molar-refractivity contribution in [3.05, 3.63) is 47.8 Å². The maximum atomic E-state index is 12.6. The molecule has 1 aromatic rings. The number of nitrogens with zero attached hydrogens (tertiary/aromatic N) is 3. The van der Waals surface area contributed by atoms with Crippen LogP contribution in [0.25, 0.3) is 0 Å². The topological polar surface area (TPSA) is 86.0 Å². The average Bonchev–Trinajstić information content (AvgIpc) is 3.00. The maximum absolute atomic E-state index is 12.6. The van der Waals surface area contributed by atoms with E-state index in [2.05, 4.69) is 58.6 Å². The minimum absolute atomic E-state index is 0.0127. The summed E-state index contributed by atoms with van der Waals surface area (Å²) in [5, 5.41) is 6.95. The van der Waals surface area contributed by atoms with Crippen molar-refractivity contribution in [2.45, 2.75) is 36.8 Å². The molecule has 4 N–H and O–H groups in total. The molecule has 0 unspecified atom stereocenters. The van der Waals surface area contributed by atoms with Crippen molar-refractivity contribution in [2.24, 2.45) is 10.8 Å². The van der Waals surface area contributed by atoms with Gasteiger partial charge in [0.15, 0.2) is 0 Å². The van der Waals surface area contributed by atoms with E-state index in [1.807, 2.05) is 6.07 Å². The standard InChI is InChI=1S/C19H27ClN6O/c1-25(2)19(15-6-4-3-5-7-15)10-8-18(9-11-19)14-26(17(27)23-18)16(12-21)13-22-24-20/h3-7,12-13,24H,8-11,14,21H2,1-2H3,(H,23,27)/b16-12+,22-13-. The molecule has 1 spiro atoms. The van der Waals surface area contributed by atoms with Crippen molar-refractivity contribution < 1.29 is 4.79 Å². The number of rotatable bonds is 5. The number of nitrogens with two attached hydrogens (primary N) is 1. The molecule has 0 aromatic heterocycles. The first-order chi connectivity index (χ1) is 13.0. The smallest absolute Gasteiger partial charge is 0.322 e. The number of urea groups is 1. The first kappa shape index (κ1) is 19.5. The summed E-state index contributed by atoms with van der Waals surface area (Å²) in [6.07, 6.45) is 6.54. The van der Waals surface area contributed by atoms with Crippen LogP contribution in [0.15, 0.2) is 47.3 Å². The summed E-state index contributed by atoms with van der Waals surface area (Å²) >= 11 is 5.37. The van der Waals surface area contributed by atoms with Gasteiger partial charge in [0.25, 0.3) is 0 Å². The van der Waals surface area contributed by atoms with Gasteiger partial charge in [0.05, 0.1) is 24.0 Å². The van der Waals surface area contributed by atoms with E-state index in [0.29, 0.717) is 12.2 Å². The number of carbonyl (C=O) groups excluding carboxylic acids is 1. The molecule has 27 heavy (non-hydrogen) atoms. The molecule has 2 amide bonds. The quantitative estimate of drug-likeness (QED) is 0.409. The minimum Gasteiger partial charge on any atom is -0.403 e. The second-order valence-electron chi connectivity index (χ2n) is 7.52. The van der Waals surface area contributed by atoms with Crippen LogP contribution in [0.5, 0.6) is 0 Å². The highest BCUT2D eigenvalue weighted by Gasteiger charge is 2.50. The fraction of sp³-hybridized carbons (Fsp3) is 0.474. The van der Waals surface area contributed by atoms with Gasteiger partial charge in [0, 0.05) is 23.5 Å². The molecule has 146 valence electrons. The summed E-state index contributed by atoms with van der Waals surface area (Å²) < 4.78 is 0. The van der Waals surface area contributed by atoms with Gasteiger partial charge < -0.3 is 11.1 Å². The van der Waals surface area contributed by atoms with Crippen LogP contribution in [0, 0.1) is 0 Å². The Hall–Kier alpha value is -2.25. The number of hydrogen-bond acceptors (Lipinski definition) is 5. The van der Waals surface area contributed by atoms with Gasteiger partial charge in [-0.25, -0.2) is 9.74 Å². The Morgan fingerprint density at radius 2 is 1.96 bits per heavy atom. The van der Waals surface area contributed by atoms with E-state index in [1.54, 1.807) is 4.90 Å². The summed E-state index contributed by atoms with van der Waals surface area (Å²) in [7, 11) is 4.27. The van der Waals surface area contributed by atoms with Crippen LogP contribution < -0.4 is 16.0 Å². The van der Waals surface area contributed by atoms with Crippen molar-refractivity contribution in [2.75, 3.05) is 20.6 Å². The Kier molecular flexibility index (Phi) is 5.62. The van der Waals surface area contributed by atoms with E-state index in [4.69, 9.17) is 17.5 Å². The molecule has 0 bridgehead atoms. The lowest BCUT2D eigenvalue weighted by atomic mass is 9.69. The molecule has 2 fully saturated rings. The molecule has 1 aromatic carbocycles. The summed E-state index contributed by atoms with van der Waals surface area (Å²) in [5.74, 6) is 0. The third-order valence-electron chi connectivity index (χ3n) is 6.01. The van der Waals surface area contributed by atoms with E-state index in [1.165, 1.54) is 18.0 Å². The monoisotopic (exact) mass is 390 g/mol. The third-order valence-corrected chi connectivity index (χ3v) is 6.11. The predicted octanol–water partition coefficient (Wildman–Crippen LogP) is 2.31. The van der Waals surface area contributed by atoms with Gasteiger partial charge >= 0.3 is 6.03 Å². The maximum Gasteiger partial charge on any atom is 0.322 e. The number of hydrazone groups is 1. The van der Waals surface area contributed by atoms with Crippen molar-refractivity contribution in [3.8, 4) is 0 Å². The number of benzene rings is 1. The summed E-state index contributed by atoms with van der Waals surface area (Å²) in [6, 6.07) is 10.5. The lowest BCUT2D eigenvalue weighted by Gasteiger charge is -2.48. The highest BCUT2D eigenvalue weighted by molar-refractivity contribution is 6.13. The van der Waals surface area contributed by atoms with Crippen molar-refractivity contribution in [1.82, 2.24) is 20.1 Å². The van der Waals surface area contributed by atoms with E-state index in [-0.39, 0.29) is 17.1 Å². The van der Waals surface area contributed by atoms with Crippen LogP contribution in [0.3, 0.4) is 0 Å². The normalized spacial score (nSPS) is 29.0. The van der Waals surface area contributed by atoms with Crippen LogP contribution in [-0.2, 0) is 5.54 Å². The van der Waals surface area contributed by atoms with Gasteiger partial charge in [-0.3, -0.25) is 9.80 Å². The van der Waals surface area contributed by atoms with Crippen molar-refractivity contribution in [1.29, 1.82) is 0 Å². The first-order valence-corrected chi connectivity index (χ1v) is 9.47. The van der Waals surface area contributed by atoms with Crippen LogP contribution in [0.4, 0.5) is 4.79 Å². The first-order valence-electron chi connectivity index (χ1n) is 9.10. The largest absolute Gasteiger partial charge is 0.403 e. The molecule has 1 saturated heterocycles. The van der Waals surface area contributed by atoms with Gasteiger partial charge in [0.2, 0.25) is 0 Å².